The zero-order valence-corrected chi connectivity index (χ0v) is 14.6. The molecule has 26 heavy (non-hydrogen) atoms. The molecule has 0 bridgehead atoms. The largest absolute Gasteiger partial charge is 0.480 e. The minimum atomic E-state index is -1.44. The molecule has 2 aromatic rings. The molecule has 5 heteroatoms. The summed E-state index contributed by atoms with van der Waals surface area (Å²) < 4.78 is 5.38. The van der Waals surface area contributed by atoms with Gasteiger partial charge in [0.2, 0.25) is 0 Å². The lowest BCUT2D eigenvalue weighted by atomic mass is 9.98. The number of fused-ring (bicyclic) bond motifs is 3. The van der Waals surface area contributed by atoms with E-state index in [-0.39, 0.29) is 18.9 Å². The molecule has 1 amide bonds. The SMILES string of the molecule is C=CC[C@](C)(NC(=O)OCC1c2ccccc2-c2ccccc21)C(=O)O. The van der Waals surface area contributed by atoms with Crippen LogP contribution in [0, 0.1) is 0 Å². The first-order chi connectivity index (χ1) is 12.5. The number of amides is 1. The van der Waals surface area contributed by atoms with E-state index < -0.39 is 17.6 Å². The van der Waals surface area contributed by atoms with Crippen molar-refractivity contribution in [1.82, 2.24) is 5.32 Å². The van der Waals surface area contributed by atoms with E-state index in [1.54, 1.807) is 0 Å². The molecule has 0 spiro atoms. The number of aliphatic carboxylic acids is 1. The van der Waals surface area contributed by atoms with Crippen LogP contribution in [0.2, 0.25) is 0 Å². The summed E-state index contributed by atoms with van der Waals surface area (Å²) in [5.74, 6) is -1.20. The molecule has 0 radical (unpaired) electrons. The number of carbonyl (C=O) groups is 2. The number of benzene rings is 2. The lowest BCUT2D eigenvalue weighted by Crippen LogP contribution is -2.52. The van der Waals surface area contributed by atoms with Gasteiger partial charge in [-0.1, -0.05) is 54.6 Å². The van der Waals surface area contributed by atoms with Gasteiger partial charge in [-0.3, -0.25) is 0 Å². The van der Waals surface area contributed by atoms with Gasteiger partial charge in [0.05, 0.1) is 0 Å². The molecule has 3 rings (SSSR count). The number of carbonyl (C=O) groups excluding carboxylic acids is 1. The number of hydrogen-bond acceptors (Lipinski definition) is 3. The zero-order chi connectivity index (χ0) is 18.7. The molecule has 2 N–H and O–H groups in total. The summed E-state index contributed by atoms with van der Waals surface area (Å²) in [6, 6.07) is 16.1. The van der Waals surface area contributed by atoms with Crippen LogP contribution >= 0.6 is 0 Å². The minimum absolute atomic E-state index is 0.0661. The Kier molecular flexibility index (Phi) is 4.80. The second-order valence-corrected chi connectivity index (χ2v) is 6.58. The maximum absolute atomic E-state index is 12.2. The third-order valence-electron chi connectivity index (χ3n) is 4.75. The van der Waals surface area contributed by atoms with E-state index in [1.165, 1.54) is 13.0 Å². The van der Waals surface area contributed by atoms with E-state index >= 15 is 0 Å². The molecule has 5 nitrogen and oxygen atoms in total. The van der Waals surface area contributed by atoms with Gasteiger partial charge in [-0.15, -0.1) is 6.58 Å². The molecular formula is C21H21NO4. The molecule has 0 saturated heterocycles. The number of alkyl carbamates (subject to hydrolysis) is 1. The fraction of sp³-hybridized carbons (Fsp3) is 0.238. The molecule has 0 fully saturated rings. The van der Waals surface area contributed by atoms with Crippen LogP contribution in [0.15, 0.2) is 61.2 Å². The van der Waals surface area contributed by atoms with Gasteiger partial charge in [-0.2, -0.15) is 0 Å². The van der Waals surface area contributed by atoms with Crippen LogP contribution in [0.25, 0.3) is 11.1 Å². The van der Waals surface area contributed by atoms with E-state index in [2.05, 4.69) is 24.0 Å². The Morgan fingerprint density at radius 2 is 1.69 bits per heavy atom. The van der Waals surface area contributed by atoms with Crippen LogP contribution in [0.1, 0.15) is 30.4 Å². The van der Waals surface area contributed by atoms with Crippen LogP contribution in [-0.2, 0) is 9.53 Å². The predicted molar refractivity (Wildman–Crippen MR) is 99.1 cm³/mol. The topological polar surface area (TPSA) is 75.6 Å². The average Bonchev–Trinajstić information content (AvgIpc) is 2.94. The van der Waals surface area contributed by atoms with Gasteiger partial charge in [-0.05, 0) is 35.6 Å². The standard InChI is InChI=1S/C21H21NO4/c1-3-12-21(2,19(23)24)22-20(25)26-13-18-16-10-6-4-8-14(16)15-9-5-7-11-17(15)18/h3-11,18H,1,12-13H2,2H3,(H,22,25)(H,23,24)/t21-/m0/s1. The van der Waals surface area contributed by atoms with Crippen LogP contribution in [0.3, 0.4) is 0 Å². The second kappa shape index (κ2) is 7.04. The summed E-state index contributed by atoms with van der Waals surface area (Å²) in [6.07, 6.45) is 0.809. The predicted octanol–water partition coefficient (Wildman–Crippen LogP) is 3.94. The number of rotatable bonds is 6. The fourth-order valence-electron chi connectivity index (χ4n) is 3.34. The van der Waals surface area contributed by atoms with Crippen molar-refractivity contribution < 1.29 is 19.4 Å². The van der Waals surface area contributed by atoms with Crippen molar-refractivity contribution in [3.05, 3.63) is 72.3 Å². The maximum Gasteiger partial charge on any atom is 0.408 e. The van der Waals surface area contributed by atoms with Crippen molar-refractivity contribution in [2.45, 2.75) is 24.8 Å². The van der Waals surface area contributed by atoms with Crippen molar-refractivity contribution in [2.75, 3.05) is 6.61 Å². The highest BCUT2D eigenvalue weighted by Crippen LogP contribution is 2.44. The lowest BCUT2D eigenvalue weighted by molar-refractivity contribution is -0.143. The smallest absolute Gasteiger partial charge is 0.408 e. The highest BCUT2D eigenvalue weighted by Gasteiger charge is 2.35. The summed E-state index contributed by atoms with van der Waals surface area (Å²) >= 11 is 0. The maximum atomic E-state index is 12.2. The Labute approximate surface area is 152 Å². The van der Waals surface area contributed by atoms with Crippen molar-refractivity contribution in [3.8, 4) is 11.1 Å². The molecule has 0 heterocycles. The Morgan fingerprint density at radius 1 is 1.15 bits per heavy atom. The van der Waals surface area contributed by atoms with E-state index in [1.807, 2.05) is 36.4 Å². The molecule has 2 aromatic carbocycles. The highest BCUT2D eigenvalue weighted by atomic mass is 16.5. The minimum Gasteiger partial charge on any atom is -0.480 e. The number of hydrogen-bond donors (Lipinski definition) is 2. The lowest BCUT2D eigenvalue weighted by Gasteiger charge is -2.25. The molecule has 0 aromatic heterocycles. The highest BCUT2D eigenvalue weighted by molar-refractivity contribution is 5.84. The van der Waals surface area contributed by atoms with Gasteiger partial charge in [0.15, 0.2) is 0 Å². The van der Waals surface area contributed by atoms with Crippen molar-refractivity contribution >= 4 is 12.1 Å². The number of ether oxygens (including phenoxy) is 1. The van der Waals surface area contributed by atoms with E-state index in [0.29, 0.717) is 0 Å². The second-order valence-electron chi connectivity index (χ2n) is 6.58. The number of nitrogens with one attached hydrogen (secondary N) is 1. The Bertz CT molecular complexity index is 815. The summed E-state index contributed by atoms with van der Waals surface area (Å²) in [4.78, 5) is 23.6. The van der Waals surface area contributed by atoms with Gasteiger partial charge >= 0.3 is 12.1 Å². The summed E-state index contributed by atoms with van der Waals surface area (Å²) in [7, 11) is 0. The Morgan fingerprint density at radius 3 is 2.19 bits per heavy atom. The molecule has 0 unspecified atom stereocenters. The summed E-state index contributed by atoms with van der Waals surface area (Å²) in [6.45, 7) is 5.11. The molecular weight excluding hydrogens is 330 g/mol. The average molecular weight is 351 g/mol. The van der Waals surface area contributed by atoms with Crippen molar-refractivity contribution in [1.29, 1.82) is 0 Å². The van der Waals surface area contributed by atoms with E-state index in [4.69, 9.17) is 4.74 Å². The van der Waals surface area contributed by atoms with Gasteiger partial charge in [0, 0.05) is 5.92 Å². The quantitative estimate of drug-likeness (QED) is 0.773. The van der Waals surface area contributed by atoms with Gasteiger partial charge in [0.25, 0.3) is 0 Å². The van der Waals surface area contributed by atoms with Crippen molar-refractivity contribution in [2.24, 2.45) is 0 Å². The van der Waals surface area contributed by atoms with E-state index in [0.717, 1.165) is 22.3 Å². The molecule has 1 atom stereocenters. The van der Waals surface area contributed by atoms with E-state index in [9.17, 15) is 14.7 Å². The third kappa shape index (κ3) is 3.20. The Hall–Kier alpha value is -3.08. The first-order valence-electron chi connectivity index (χ1n) is 8.44. The number of carboxylic acid groups (broad SMARTS) is 1. The van der Waals surface area contributed by atoms with Crippen molar-refractivity contribution in [3.63, 3.8) is 0 Å². The molecule has 1 aliphatic carbocycles. The first-order valence-corrected chi connectivity index (χ1v) is 8.44. The molecule has 0 saturated carbocycles. The molecule has 134 valence electrons. The van der Waals surface area contributed by atoms with Crippen LogP contribution in [0.5, 0.6) is 0 Å². The number of carboxylic acids is 1. The molecule has 0 aliphatic heterocycles. The van der Waals surface area contributed by atoms with Gasteiger partial charge < -0.3 is 15.2 Å². The third-order valence-corrected chi connectivity index (χ3v) is 4.75. The zero-order valence-electron chi connectivity index (χ0n) is 14.6. The molecule has 1 aliphatic rings. The van der Waals surface area contributed by atoms with Gasteiger partial charge in [-0.25, -0.2) is 9.59 Å². The summed E-state index contributed by atoms with van der Waals surface area (Å²) in [5.41, 5.74) is 3.05. The fourth-order valence-corrected chi connectivity index (χ4v) is 3.34. The van der Waals surface area contributed by atoms with Crippen LogP contribution in [-0.4, -0.2) is 29.3 Å². The monoisotopic (exact) mass is 351 g/mol. The summed E-state index contributed by atoms with van der Waals surface area (Å²) in [5, 5.41) is 11.8. The van der Waals surface area contributed by atoms with Crippen LogP contribution in [0.4, 0.5) is 4.79 Å². The first kappa shape index (κ1) is 17.7. The van der Waals surface area contributed by atoms with Crippen LogP contribution < -0.4 is 5.32 Å². The van der Waals surface area contributed by atoms with Gasteiger partial charge in [0.1, 0.15) is 12.1 Å². The Balaban J connectivity index is 1.75. The normalized spacial score (nSPS) is 14.7.